The second kappa shape index (κ2) is 4.55. The molecule has 92 valence electrons. The van der Waals surface area contributed by atoms with Crippen molar-refractivity contribution in [1.82, 2.24) is 24.9 Å². The molecule has 3 aromatic rings. The van der Waals surface area contributed by atoms with Crippen molar-refractivity contribution in [3.63, 3.8) is 0 Å². The first kappa shape index (κ1) is 11.4. The van der Waals surface area contributed by atoms with E-state index in [-0.39, 0.29) is 0 Å². The van der Waals surface area contributed by atoms with Crippen LogP contribution < -0.4 is 5.73 Å². The number of aromatic nitrogens is 5. The van der Waals surface area contributed by atoms with Crippen LogP contribution in [-0.4, -0.2) is 24.9 Å². The molecular weight excluding hydrogens is 262 g/mol. The Morgan fingerprint density at radius 2 is 2.11 bits per heavy atom. The molecule has 0 aliphatic carbocycles. The van der Waals surface area contributed by atoms with Crippen molar-refractivity contribution in [2.75, 3.05) is 5.73 Å². The maximum Gasteiger partial charge on any atom is 0.181 e. The topological polar surface area (TPSA) is 117 Å². The number of imidazole rings is 1. The van der Waals surface area contributed by atoms with Crippen molar-refractivity contribution in [3.8, 4) is 6.07 Å². The quantitative estimate of drug-likeness (QED) is 0.674. The summed E-state index contributed by atoms with van der Waals surface area (Å²) in [5.41, 5.74) is 7.77. The van der Waals surface area contributed by atoms with Crippen LogP contribution in [0.1, 0.15) is 5.56 Å². The van der Waals surface area contributed by atoms with Gasteiger partial charge in [0.1, 0.15) is 28.0 Å². The molecule has 0 saturated heterocycles. The van der Waals surface area contributed by atoms with Gasteiger partial charge in [-0.2, -0.15) is 5.26 Å². The van der Waals surface area contributed by atoms with E-state index in [4.69, 9.17) is 11.0 Å². The lowest BCUT2D eigenvalue weighted by Gasteiger charge is -2.03. The van der Waals surface area contributed by atoms with Crippen molar-refractivity contribution >= 4 is 28.6 Å². The first-order valence-electron chi connectivity index (χ1n) is 5.25. The van der Waals surface area contributed by atoms with Crippen LogP contribution in [0.2, 0.25) is 0 Å². The summed E-state index contributed by atoms with van der Waals surface area (Å²) in [6.45, 7) is 0. The molecule has 3 rings (SSSR count). The number of hydrogen-bond acceptors (Lipinski definition) is 7. The minimum Gasteiger partial charge on any atom is -0.397 e. The van der Waals surface area contributed by atoms with E-state index in [0.29, 0.717) is 26.9 Å². The molecule has 7 nitrogen and oxygen atoms in total. The molecule has 0 aliphatic rings. The Balaban J connectivity index is 2.06. The fraction of sp³-hybridized carbons (Fsp3) is 0. The van der Waals surface area contributed by atoms with Gasteiger partial charge < -0.3 is 10.7 Å². The molecule has 0 spiro atoms. The van der Waals surface area contributed by atoms with E-state index in [9.17, 15) is 0 Å². The predicted octanol–water partition coefficient (Wildman–Crippen LogP) is 1.35. The Morgan fingerprint density at radius 3 is 2.95 bits per heavy atom. The van der Waals surface area contributed by atoms with Gasteiger partial charge in [0, 0.05) is 0 Å². The molecule has 3 aromatic heterocycles. The lowest BCUT2D eigenvalue weighted by Crippen LogP contribution is -1.93. The lowest BCUT2D eigenvalue weighted by atomic mass is 10.3. The first-order chi connectivity index (χ1) is 9.28. The third-order valence-electron chi connectivity index (χ3n) is 2.37. The van der Waals surface area contributed by atoms with Gasteiger partial charge in [-0.3, -0.25) is 0 Å². The Morgan fingerprint density at radius 1 is 1.21 bits per heavy atom. The fourth-order valence-corrected chi connectivity index (χ4v) is 2.40. The van der Waals surface area contributed by atoms with Gasteiger partial charge in [0.15, 0.2) is 5.65 Å². The number of pyridine rings is 1. The summed E-state index contributed by atoms with van der Waals surface area (Å²) in [6, 6.07) is 3.65. The minimum absolute atomic E-state index is 0.413. The molecule has 0 radical (unpaired) electrons. The van der Waals surface area contributed by atoms with Crippen LogP contribution in [0.3, 0.4) is 0 Å². The number of nitriles is 1. The zero-order valence-electron chi connectivity index (χ0n) is 9.53. The molecule has 3 N–H and O–H groups in total. The molecule has 0 atom stereocenters. The third-order valence-corrected chi connectivity index (χ3v) is 3.40. The van der Waals surface area contributed by atoms with Crippen LogP contribution in [0.5, 0.6) is 0 Å². The van der Waals surface area contributed by atoms with Crippen LogP contribution in [0.15, 0.2) is 35.0 Å². The molecule has 0 aromatic carbocycles. The van der Waals surface area contributed by atoms with Crippen molar-refractivity contribution in [1.29, 1.82) is 5.26 Å². The van der Waals surface area contributed by atoms with E-state index >= 15 is 0 Å². The van der Waals surface area contributed by atoms with E-state index in [1.54, 1.807) is 12.4 Å². The van der Waals surface area contributed by atoms with Crippen LogP contribution in [0.25, 0.3) is 11.2 Å². The number of anilines is 1. The second-order valence-corrected chi connectivity index (χ2v) is 4.59. The van der Waals surface area contributed by atoms with E-state index in [1.165, 1.54) is 24.3 Å². The van der Waals surface area contributed by atoms with Gasteiger partial charge in [-0.05, 0) is 17.8 Å². The molecule has 0 unspecified atom stereocenters. The zero-order valence-corrected chi connectivity index (χ0v) is 10.3. The van der Waals surface area contributed by atoms with Gasteiger partial charge in [-0.25, -0.2) is 19.9 Å². The van der Waals surface area contributed by atoms with Crippen LogP contribution in [0, 0.1) is 11.3 Å². The Kier molecular flexibility index (Phi) is 2.74. The maximum atomic E-state index is 9.08. The third kappa shape index (κ3) is 2.07. The molecule has 0 fully saturated rings. The Labute approximate surface area is 111 Å². The normalized spacial score (nSPS) is 10.5. The van der Waals surface area contributed by atoms with Gasteiger partial charge in [0.2, 0.25) is 0 Å². The summed E-state index contributed by atoms with van der Waals surface area (Å²) in [7, 11) is 0. The summed E-state index contributed by atoms with van der Waals surface area (Å²) >= 11 is 1.27. The Hall–Kier alpha value is -2.66. The van der Waals surface area contributed by atoms with Crippen LogP contribution in [0.4, 0.5) is 5.69 Å². The van der Waals surface area contributed by atoms with E-state index in [0.717, 1.165) is 5.52 Å². The molecule has 0 bridgehead atoms. The number of nitrogens with two attached hydrogens (primary N) is 1. The molecule has 0 aliphatic heterocycles. The number of hydrogen-bond donors (Lipinski definition) is 2. The standard InChI is InChI=1S/C11H7N7S/c12-2-6-1-7(13)3-14-10(6)19-11-8-9(16-4-15-8)17-5-18-11/h1,3-5H,13H2,(H,15,16,17,18). The van der Waals surface area contributed by atoms with Crippen molar-refractivity contribution < 1.29 is 0 Å². The predicted molar refractivity (Wildman–Crippen MR) is 69.2 cm³/mol. The number of fused-ring (bicyclic) bond motifs is 1. The molecule has 8 heteroatoms. The van der Waals surface area contributed by atoms with Gasteiger partial charge >= 0.3 is 0 Å². The summed E-state index contributed by atoms with van der Waals surface area (Å²) in [5.74, 6) is 0. The first-order valence-corrected chi connectivity index (χ1v) is 6.07. The van der Waals surface area contributed by atoms with Crippen molar-refractivity contribution in [2.24, 2.45) is 0 Å². The highest BCUT2D eigenvalue weighted by atomic mass is 32.2. The van der Waals surface area contributed by atoms with Gasteiger partial charge in [0.25, 0.3) is 0 Å². The molecule has 0 saturated carbocycles. The second-order valence-electron chi connectivity index (χ2n) is 3.62. The van der Waals surface area contributed by atoms with Crippen molar-refractivity contribution in [3.05, 3.63) is 30.5 Å². The number of nitrogens with one attached hydrogen (secondary N) is 1. The summed E-state index contributed by atoms with van der Waals surface area (Å²) in [4.78, 5) is 19.4. The number of H-pyrrole nitrogens is 1. The highest BCUT2D eigenvalue weighted by Gasteiger charge is 2.11. The summed E-state index contributed by atoms with van der Waals surface area (Å²) < 4.78 is 0. The lowest BCUT2D eigenvalue weighted by molar-refractivity contribution is 1.06. The molecule has 3 heterocycles. The van der Waals surface area contributed by atoms with Crippen molar-refractivity contribution in [2.45, 2.75) is 10.1 Å². The van der Waals surface area contributed by atoms with Crippen LogP contribution >= 0.6 is 11.8 Å². The summed E-state index contributed by atoms with van der Waals surface area (Å²) in [5, 5.41) is 10.3. The van der Waals surface area contributed by atoms with Crippen LogP contribution in [-0.2, 0) is 0 Å². The number of rotatable bonds is 2. The van der Waals surface area contributed by atoms with Gasteiger partial charge in [-0.15, -0.1) is 0 Å². The van der Waals surface area contributed by atoms with E-state index < -0.39 is 0 Å². The highest BCUT2D eigenvalue weighted by molar-refractivity contribution is 7.99. The number of nitrogens with zero attached hydrogens (tertiary/aromatic N) is 5. The van der Waals surface area contributed by atoms with Gasteiger partial charge in [0.05, 0.1) is 23.8 Å². The monoisotopic (exact) mass is 269 g/mol. The fourth-order valence-electron chi connectivity index (χ4n) is 1.54. The Bertz CT molecular complexity index is 789. The molecule has 0 amide bonds. The summed E-state index contributed by atoms with van der Waals surface area (Å²) in [6.07, 6.45) is 4.48. The maximum absolute atomic E-state index is 9.08. The zero-order chi connectivity index (χ0) is 13.2. The minimum atomic E-state index is 0.413. The number of aromatic amines is 1. The SMILES string of the molecule is N#Cc1cc(N)cnc1Sc1ncnc2nc[nH]c12. The molecular formula is C11H7N7S. The van der Waals surface area contributed by atoms with Gasteiger partial charge in [-0.1, -0.05) is 0 Å². The molecule has 19 heavy (non-hydrogen) atoms. The van der Waals surface area contributed by atoms with E-state index in [1.807, 2.05) is 0 Å². The average Bonchev–Trinajstić information content (AvgIpc) is 2.90. The smallest absolute Gasteiger partial charge is 0.181 e. The highest BCUT2D eigenvalue weighted by Crippen LogP contribution is 2.30. The largest absolute Gasteiger partial charge is 0.397 e. The number of nitrogen functional groups attached to an aromatic ring is 1. The van der Waals surface area contributed by atoms with E-state index in [2.05, 4.69) is 31.0 Å². The average molecular weight is 269 g/mol.